The SMILES string of the molecule is CC(C)(C)c1ccc(C(=O)N[C@H](CC(=O)O)c2cccc([N+](=O)[O-])c2)cc1. The van der Waals surface area contributed by atoms with Crippen LogP contribution in [0.5, 0.6) is 0 Å². The van der Waals surface area contributed by atoms with Gasteiger partial charge in [-0.25, -0.2) is 0 Å². The molecule has 0 aromatic heterocycles. The lowest BCUT2D eigenvalue weighted by molar-refractivity contribution is -0.384. The number of benzene rings is 2. The number of non-ortho nitro benzene ring substituents is 1. The molecule has 0 aliphatic carbocycles. The molecule has 2 rings (SSSR count). The molecule has 0 heterocycles. The number of nitro benzene ring substituents is 1. The van der Waals surface area contributed by atoms with Gasteiger partial charge in [0.2, 0.25) is 0 Å². The standard InChI is InChI=1S/C20H22N2O5/c1-20(2,3)15-9-7-13(8-10-15)19(25)21-17(12-18(23)24)14-5-4-6-16(11-14)22(26)27/h4-11,17H,12H2,1-3H3,(H,21,25)(H,23,24)/t17-/m1/s1. The number of carboxylic acid groups (broad SMARTS) is 1. The molecule has 0 saturated carbocycles. The highest BCUT2D eigenvalue weighted by Crippen LogP contribution is 2.24. The van der Waals surface area contributed by atoms with Crippen molar-refractivity contribution in [2.75, 3.05) is 0 Å². The van der Waals surface area contributed by atoms with Gasteiger partial charge in [0.1, 0.15) is 0 Å². The number of aliphatic carboxylic acids is 1. The van der Waals surface area contributed by atoms with E-state index in [0.717, 1.165) is 5.56 Å². The highest BCUT2D eigenvalue weighted by Gasteiger charge is 2.21. The molecule has 0 unspecified atom stereocenters. The number of carbonyl (C=O) groups excluding carboxylic acids is 1. The van der Waals surface area contributed by atoms with E-state index < -0.39 is 22.8 Å². The molecule has 0 aliphatic heterocycles. The molecular weight excluding hydrogens is 348 g/mol. The Balaban J connectivity index is 2.25. The van der Waals surface area contributed by atoms with Crippen LogP contribution in [0, 0.1) is 10.1 Å². The number of hydrogen-bond acceptors (Lipinski definition) is 4. The van der Waals surface area contributed by atoms with Crippen LogP contribution in [0.25, 0.3) is 0 Å². The molecule has 0 bridgehead atoms. The number of carboxylic acids is 1. The van der Waals surface area contributed by atoms with E-state index in [1.807, 2.05) is 12.1 Å². The first kappa shape index (κ1) is 20.1. The second kappa shape index (κ2) is 7.99. The smallest absolute Gasteiger partial charge is 0.305 e. The maximum atomic E-state index is 12.6. The van der Waals surface area contributed by atoms with E-state index in [0.29, 0.717) is 11.1 Å². The van der Waals surface area contributed by atoms with Crippen LogP contribution in [0.1, 0.15) is 54.7 Å². The maximum Gasteiger partial charge on any atom is 0.305 e. The number of amides is 1. The minimum Gasteiger partial charge on any atom is -0.481 e. The zero-order valence-corrected chi connectivity index (χ0v) is 15.4. The number of nitrogens with zero attached hydrogens (tertiary/aromatic N) is 1. The summed E-state index contributed by atoms with van der Waals surface area (Å²) in [5, 5.41) is 22.8. The quantitative estimate of drug-likeness (QED) is 0.593. The van der Waals surface area contributed by atoms with Crippen LogP contribution >= 0.6 is 0 Å². The molecule has 0 saturated heterocycles. The van der Waals surface area contributed by atoms with E-state index in [4.69, 9.17) is 5.11 Å². The summed E-state index contributed by atoms with van der Waals surface area (Å²) < 4.78 is 0. The largest absolute Gasteiger partial charge is 0.481 e. The van der Waals surface area contributed by atoms with Crippen LogP contribution in [0.3, 0.4) is 0 Å². The Morgan fingerprint density at radius 2 is 1.78 bits per heavy atom. The summed E-state index contributed by atoms with van der Waals surface area (Å²) in [5.74, 6) is -1.55. The molecular formula is C20H22N2O5. The number of carbonyl (C=O) groups is 2. The predicted octanol–water partition coefficient (Wildman–Crippen LogP) is 3.84. The molecule has 7 nitrogen and oxygen atoms in total. The second-order valence-electron chi connectivity index (χ2n) is 7.30. The lowest BCUT2D eigenvalue weighted by Crippen LogP contribution is -2.30. The third kappa shape index (κ3) is 5.37. The Morgan fingerprint density at radius 3 is 2.30 bits per heavy atom. The number of nitrogens with one attached hydrogen (secondary N) is 1. The molecule has 0 radical (unpaired) electrons. The van der Waals surface area contributed by atoms with E-state index in [1.54, 1.807) is 18.2 Å². The van der Waals surface area contributed by atoms with Crippen molar-refractivity contribution in [3.63, 3.8) is 0 Å². The summed E-state index contributed by atoms with van der Waals surface area (Å²) in [6, 6.07) is 11.8. The molecule has 1 amide bonds. The molecule has 142 valence electrons. The van der Waals surface area contributed by atoms with Gasteiger partial charge in [0.25, 0.3) is 11.6 Å². The van der Waals surface area contributed by atoms with E-state index in [1.165, 1.54) is 18.2 Å². The van der Waals surface area contributed by atoms with Gasteiger partial charge >= 0.3 is 5.97 Å². The fraction of sp³-hybridized carbons (Fsp3) is 0.300. The van der Waals surface area contributed by atoms with Crippen molar-refractivity contribution >= 4 is 17.6 Å². The molecule has 27 heavy (non-hydrogen) atoms. The van der Waals surface area contributed by atoms with Gasteiger partial charge in [-0.05, 0) is 28.7 Å². The van der Waals surface area contributed by atoms with Crippen molar-refractivity contribution in [3.8, 4) is 0 Å². The average Bonchev–Trinajstić information content (AvgIpc) is 2.60. The first-order chi connectivity index (χ1) is 12.6. The third-order valence-electron chi connectivity index (χ3n) is 4.18. The van der Waals surface area contributed by atoms with Crippen molar-refractivity contribution in [1.29, 1.82) is 0 Å². The number of rotatable bonds is 6. The van der Waals surface area contributed by atoms with Crippen LogP contribution in [0.15, 0.2) is 48.5 Å². The lowest BCUT2D eigenvalue weighted by atomic mass is 9.86. The molecule has 2 aromatic carbocycles. The summed E-state index contributed by atoms with van der Waals surface area (Å²) >= 11 is 0. The number of nitro groups is 1. The lowest BCUT2D eigenvalue weighted by Gasteiger charge is -2.20. The Labute approximate surface area is 157 Å². The maximum absolute atomic E-state index is 12.6. The van der Waals surface area contributed by atoms with Crippen molar-refractivity contribution in [2.45, 2.75) is 38.6 Å². The normalized spacial score (nSPS) is 12.3. The minimum atomic E-state index is -1.12. The van der Waals surface area contributed by atoms with Crippen molar-refractivity contribution < 1.29 is 19.6 Å². The van der Waals surface area contributed by atoms with Crippen LogP contribution in [-0.2, 0) is 10.2 Å². The van der Waals surface area contributed by atoms with Gasteiger partial charge in [0.05, 0.1) is 17.4 Å². The first-order valence-corrected chi connectivity index (χ1v) is 8.45. The Kier molecular flexibility index (Phi) is 5.95. The van der Waals surface area contributed by atoms with Gasteiger partial charge in [-0.15, -0.1) is 0 Å². The molecule has 7 heteroatoms. The van der Waals surface area contributed by atoms with Crippen molar-refractivity contribution in [3.05, 3.63) is 75.3 Å². The molecule has 0 spiro atoms. The third-order valence-corrected chi connectivity index (χ3v) is 4.18. The summed E-state index contributed by atoms with van der Waals surface area (Å²) in [5.41, 5.74) is 1.62. The fourth-order valence-electron chi connectivity index (χ4n) is 2.65. The monoisotopic (exact) mass is 370 g/mol. The Hall–Kier alpha value is -3.22. The summed E-state index contributed by atoms with van der Waals surface area (Å²) in [6.07, 6.45) is -0.382. The topological polar surface area (TPSA) is 110 Å². The molecule has 0 aliphatic rings. The highest BCUT2D eigenvalue weighted by molar-refractivity contribution is 5.94. The van der Waals surface area contributed by atoms with Crippen molar-refractivity contribution in [1.82, 2.24) is 5.32 Å². The minimum absolute atomic E-state index is 0.0518. The van der Waals surface area contributed by atoms with Crippen LogP contribution in [0.4, 0.5) is 5.69 Å². The van der Waals surface area contributed by atoms with Gasteiger partial charge in [0.15, 0.2) is 0 Å². The summed E-state index contributed by atoms with van der Waals surface area (Å²) in [4.78, 5) is 34.1. The van der Waals surface area contributed by atoms with E-state index >= 15 is 0 Å². The first-order valence-electron chi connectivity index (χ1n) is 8.45. The molecule has 1 atom stereocenters. The van der Waals surface area contributed by atoms with Gasteiger partial charge in [-0.3, -0.25) is 19.7 Å². The average molecular weight is 370 g/mol. The van der Waals surface area contributed by atoms with Crippen LogP contribution in [0.2, 0.25) is 0 Å². The van der Waals surface area contributed by atoms with Gasteiger partial charge < -0.3 is 10.4 Å². The Bertz CT molecular complexity index is 853. The predicted molar refractivity (Wildman–Crippen MR) is 101 cm³/mol. The number of hydrogen-bond donors (Lipinski definition) is 2. The van der Waals surface area contributed by atoms with E-state index in [-0.39, 0.29) is 17.5 Å². The zero-order valence-electron chi connectivity index (χ0n) is 15.4. The summed E-state index contributed by atoms with van der Waals surface area (Å²) in [7, 11) is 0. The summed E-state index contributed by atoms with van der Waals surface area (Å²) in [6.45, 7) is 6.19. The van der Waals surface area contributed by atoms with Crippen LogP contribution < -0.4 is 5.32 Å². The van der Waals surface area contributed by atoms with Crippen LogP contribution in [-0.4, -0.2) is 21.9 Å². The molecule has 2 aromatic rings. The van der Waals surface area contributed by atoms with Gasteiger partial charge in [0, 0.05) is 17.7 Å². The van der Waals surface area contributed by atoms with E-state index in [9.17, 15) is 19.7 Å². The van der Waals surface area contributed by atoms with Gasteiger partial charge in [-0.2, -0.15) is 0 Å². The zero-order chi connectivity index (χ0) is 20.2. The van der Waals surface area contributed by atoms with E-state index in [2.05, 4.69) is 26.1 Å². The second-order valence-corrected chi connectivity index (χ2v) is 7.30. The Morgan fingerprint density at radius 1 is 1.15 bits per heavy atom. The van der Waals surface area contributed by atoms with Gasteiger partial charge in [-0.1, -0.05) is 45.0 Å². The molecule has 0 fully saturated rings. The fourth-order valence-corrected chi connectivity index (χ4v) is 2.65. The molecule has 2 N–H and O–H groups in total. The van der Waals surface area contributed by atoms with Crippen molar-refractivity contribution in [2.24, 2.45) is 0 Å². The highest BCUT2D eigenvalue weighted by atomic mass is 16.6.